The van der Waals surface area contributed by atoms with Crippen LogP contribution in [0.4, 0.5) is 5.69 Å². The van der Waals surface area contributed by atoms with Gasteiger partial charge in [-0.05, 0) is 55.5 Å². The lowest BCUT2D eigenvalue weighted by Crippen LogP contribution is -2.21. The van der Waals surface area contributed by atoms with Gasteiger partial charge in [0.1, 0.15) is 30.5 Å². The number of para-hydroxylation sites is 1. The summed E-state index contributed by atoms with van der Waals surface area (Å²) in [7, 11) is 1.62. The zero-order valence-electron chi connectivity index (χ0n) is 18.3. The van der Waals surface area contributed by atoms with E-state index in [4.69, 9.17) is 14.2 Å². The molecule has 0 unspecified atom stereocenters. The van der Waals surface area contributed by atoms with Crippen molar-refractivity contribution in [1.29, 1.82) is 0 Å². The predicted molar refractivity (Wildman–Crippen MR) is 133 cm³/mol. The van der Waals surface area contributed by atoms with Gasteiger partial charge in [-0.25, -0.2) is 0 Å². The number of amides is 1. The fourth-order valence-corrected chi connectivity index (χ4v) is 3.73. The van der Waals surface area contributed by atoms with Crippen molar-refractivity contribution < 1.29 is 19.0 Å². The minimum atomic E-state index is -0.175. The molecule has 0 atom stereocenters. The molecule has 1 aliphatic rings. The number of ether oxygens (including phenoxy) is 3. The summed E-state index contributed by atoms with van der Waals surface area (Å²) in [6.07, 6.45) is 1.81. The summed E-state index contributed by atoms with van der Waals surface area (Å²) in [5, 5.41) is 5.86. The summed E-state index contributed by atoms with van der Waals surface area (Å²) in [5.41, 5.74) is 2.68. The van der Waals surface area contributed by atoms with Crippen molar-refractivity contribution >= 4 is 39.3 Å². The van der Waals surface area contributed by atoms with Gasteiger partial charge in [0.05, 0.1) is 24.1 Å². The first-order valence-corrected chi connectivity index (χ1v) is 11.2. The molecule has 1 heterocycles. The summed E-state index contributed by atoms with van der Waals surface area (Å²) in [4.78, 5) is 13.0. The second kappa shape index (κ2) is 10.4. The van der Waals surface area contributed by atoms with E-state index in [0.29, 0.717) is 36.0 Å². The van der Waals surface area contributed by atoms with Crippen LogP contribution in [-0.4, -0.2) is 31.9 Å². The highest BCUT2D eigenvalue weighted by Gasteiger charge is 2.28. The standard InChI is InChI=1S/C26H23BrN2O4/c1-18-24(26(30)29(28-18)21-7-4-3-5-8-21)16-19-15-20(27)11-12-25(19)33-14-13-32-23-10-6-9-22(17-23)31-2/h3-12,15-17H,13-14H2,1-2H3/b24-16-. The second-order valence-electron chi connectivity index (χ2n) is 7.25. The van der Waals surface area contributed by atoms with Crippen molar-refractivity contribution in [3.05, 3.63) is 88.4 Å². The van der Waals surface area contributed by atoms with E-state index in [2.05, 4.69) is 21.0 Å². The first kappa shape index (κ1) is 22.6. The van der Waals surface area contributed by atoms with E-state index < -0.39 is 0 Å². The van der Waals surface area contributed by atoms with Crippen LogP contribution in [0.2, 0.25) is 0 Å². The molecule has 0 bridgehead atoms. The largest absolute Gasteiger partial charge is 0.497 e. The Labute approximate surface area is 201 Å². The SMILES string of the molecule is COc1cccc(OCCOc2ccc(Br)cc2/C=C2\C(=O)N(c3ccccc3)N=C2C)c1. The Balaban J connectivity index is 1.47. The van der Waals surface area contributed by atoms with E-state index in [1.807, 2.05) is 85.8 Å². The van der Waals surface area contributed by atoms with Gasteiger partial charge in [-0.3, -0.25) is 4.79 Å². The van der Waals surface area contributed by atoms with Crippen LogP contribution < -0.4 is 19.2 Å². The third-order valence-electron chi connectivity index (χ3n) is 4.99. The molecule has 0 saturated carbocycles. The molecule has 3 aromatic carbocycles. The molecule has 0 N–H and O–H groups in total. The minimum Gasteiger partial charge on any atom is -0.497 e. The van der Waals surface area contributed by atoms with E-state index in [-0.39, 0.29) is 5.91 Å². The Morgan fingerprint density at radius 3 is 2.48 bits per heavy atom. The summed E-state index contributed by atoms with van der Waals surface area (Å²) in [5.74, 6) is 1.92. The third kappa shape index (κ3) is 5.43. The first-order valence-electron chi connectivity index (χ1n) is 10.4. The van der Waals surface area contributed by atoms with Crippen LogP contribution in [0.1, 0.15) is 12.5 Å². The molecule has 0 saturated heterocycles. The number of anilines is 1. The lowest BCUT2D eigenvalue weighted by atomic mass is 10.1. The van der Waals surface area contributed by atoms with Gasteiger partial charge < -0.3 is 14.2 Å². The van der Waals surface area contributed by atoms with E-state index >= 15 is 0 Å². The van der Waals surface area contributed by atoms with Crippen LogP contribution in [0, 0.1) is 0 Å². The van der Waals surface area contributed by atoms with Gasteiger partial charge in [0.2, 0.25) is 0 Å². The molecule has 0 aliphatic carbocycles. The molecule has 168 valence electrons. The number of methoxy groups -OCH3 is 1. The van der Waals surface area contributed by atoms with Gasteiger partial charge >= 0.3 is 0 Å². The number of carbonyl (C=O) groups excluding carboxylic acids is 1. The molecule has 7 heteroatoms. The highest BCUT2D eigenvalue weighted by Crippen LogP contribution is 2.29. The van der Waals surface area contributed by atoms with E-state index in [9.17, 15) is 4.79 Å². The van der Waals surface area contributed by atoms with Crippen molar-refractivity contribution in [3.63, 3.8) is 0 Å². The lowest BCUT2D eigenvalue weighted by molar-refractivity contribution is -0.114. The molecule has 0 fully saturated rings. The molecule has 0 aromatic heterocycles. The summed E-state index contributed by atoms with van der Waals surface area (Å²) >= 11 is 3.50. The quantitative estimate of drug-likeness (QED) is 0.289. The topological polar surface area (TPSA) is 60.4 Å². The Morgan fingerprint density at radius 2 is 1.70 bits per heavy atom. The normalized spacial score (nSPS) is 14.4. The smallest absolute Gasteiger partial charge is 0.280 e. The Kier molecular flexibility index (Phi) is 7.10. The molecule has 33 heavy (non-hydrogen) atoms. The molecule has 1 aliphatic heterocycles. The molecular formula is C26H23BrN2O4. The number of nitrogens with zero attached hydrogens (tertiary/aromatic N) is 2. The van der Waals surface area contributed by atoms with Crippen LogP contribution in [0.5, 0.6) is 17.2 Å². The zero-order valence-corrected chi connectivity index (χ0v) is 19.9. The molecule has 0 spiro atoms. The first-order chi connectivity index (χ1) is 16.0. The Bertz CT molecular complexity index is 1210. The summed E-state index contributed by atoms with van der Waals surface area (Å²) in [6.45, 7) is 2.53. The molecule has 6 nitrogen and oxygen atoms in total. The van der Waals surface area contributed by atoms with Crippen LogP contribution >= 0.6 is 15.9 Å². The van der Waals surface area contributed by atoms with Crippen molar-refractivity contribution in [2.24, 2.45) is 5.10 Å². The number of hydrogen-bond acceptors (Lipinski definition) is 5. The highest BCUT2D eigenvalue weighted by molar-refractivity contribution is 9.10. The van der Waals surface area contributed by atoms with Crippen LogP contribution in [0.25, 0.3) is 6.08 Å². The minimum absolute atomic E-state index is 0.175. The van der Waals surface area contributed by atoms with Gasteiger partial charge in [-0.1, -0.05) is 40.2 Å². The number of carbonyl (C=O) groups is 1. The van der Waals surface area contributed by atoms with Crippen LogP contribution in [0.3, 0.4) is 0 Å². The van der Waals surface area contributed by atoms with Gasteiger partial charge in [0.15, 0.2) is 0 Å². The average Bonchev–Trinajstić information content (AvgIpc) is 3.12. The Hall–Kier alpha value is -3.58. The van der Waals surface area contributed by atoms with Crippen molar-refractivity contribution in [2.75, 3.05) is 25.3 Å². The number of rotatable bonds is 8. The molecule has 3 aromatic rings. The average molecular weight is 507 g/mol. The lowest BCUT2D eigenvalue weighted by Gasteiger charge is -2.13. The number of hydrogen-bond donors (Lipinski definition) is 0. The van der Waals surface area contributed by atoms with Crippen molar-refractivity contribution in [3.8, 4) is 17.2 Å². The van der Waals surface area contributed by atoms with Crippen molar-refractivity contribution in [2.45, 2.75) is 6.92 Å². The number of hydrazone groups is 1. The van der Waals surface area contributed by atoms with Gasteiger partial charge in [-0.15, -0.1) is 0 Å². The van der Waals surface area contributed by atoms with Crippen LogP contribution in [0.15, 0.2) is 87.9 Å². The second-order valence-corrected chi connectivity index (χ2v) is 8.17. The number of benzene rings is 3. The predicted octanol–water partition coefficient (Wildman–Crippen LogP) is 5.72. The molecule has 4 rings (SSSR count). The van der Waals surface area contributed by atoms with Gasteiger partial charge in [-0.2, -0.15) is 10.1 Å². The van der Waals surface area contributed by atoms with Crippen LogP contribution in [-0.2, 0) is 4.79 Å². The van der Waals surface area contributed by atoms with Crippen molar-refractivity contribution in [1.82, 2.24) is 0 Å². The number of halogens is 1. The monoisotopic (exact) mass is 506 g/mol. The van der Waals surface area contributed by atoms with E-state index in [0.717, 1.165) is 21.5 Å². The summed E-state index contributed by atoms with van der Waals surface area (Å²) in [6, 6.07) is 22.5. The summed E-state index contributed by atoms with van der Waals surface area (Å²) < 4.78 is 17.8. The Morgan fingerprint density at radius 1 is 0.939 bits per heavy atom. The van der Waals surface area contributed by atoms with E-state index in [1.165, 1.54) is 5.01 Å². The fourth-order valence-electron chi connectivity index (χ4n) is 3.35. The van der Waals surface area contributed by atoms with E-state index in [1.54, 1.807) is 7.11 Å². The molecule has 1 amide bonds. The maximum absolute atomic E-state index is 13.0. The fraction of sp³-hybridized carbons (Fsp3) is 0.154. The maximum atomic E-state index is 13.0. The highest BCUT2D eigenvalue weighted by atomic mass is 79.9. The zero-order chi connectivity index (χ0) is 23.2. The maximum Gasteiger partial charge on any atom is 0.280 e. The van der Waals surface area contributed by atoms with Gasteiger partial charge in [0, 0.05) is 16.1 Å². The van der Waals surface area contributed by atoms with Gasteiger partial charge in [0.25, 0.3) is 5.91 Å². The third-order valence-corrected chi connectivity index (χ3v) is 5.48. The molecular weight excluding hydrogens is 484 g/mol. The molecule has 0 radical (unpaired) electrons.